The summed E-state index contributed by atoms with van der Waals surface area (Å²) < 4.78 is 30.7. The van der Waals surface area contributed by atoms with Gasteiger partial charge in [-0.3, -0.25) is 4.79 Å². The summed E-state index contributed by atoms with van der Waals surface area (Å²) in [6, 6.07) is 7.59. The van der Waals surface area contributed by atoms with Gasteiger partial charge in [-0.25, -0.2) is 8.78 Å². The van der Waals surface area contributed by atoms with Crippen LogP contribution in [0.1, 0.15) is 0 Å². The molecule has 1 N–H and O–H groups in total. The second-order valence-electron chi connectivity index (χ2n) is 4.04. The summed E-state index contributed by atoms with van der Waals surface area (Å²) >= 11 is 11.7. The van der Waals surface area contributed by atoms with E-state index in [-0.39, 0.29) is 12.4 Å². The van der Waals surface area contributed by atoms with Crippen LogP contribution in [0, 0.1) is 11.6 Å². The maximum Gasteiger partial charge on any atom is 0.262 e. The number of carbonyl (C=O) groups is 1. The molecule has 0 fully saturated rings. The van der Waals surface area contributed by atoms with E-state index in [4.69, 9.17) is 27.9 Å². The number of amides is 1. The van der Waals surface area contributed by atoms with Crippen molar-refractivity contribution in [3.63, 3.8) is 0 Å². The van der Waals surface area contributed by atoms with Crippen molar-refractivity contribution in [1.82, 2.24) is 0 Å². The molecule has 3 nitrogen and oxygen atoms in total. The lowest BCUT2D eigenvalue weighted by Crippen LogP contribution is -2.20. The van der Waals surface area contributed by atoms with E-state index in [2.05, 4.69) is 5.32 Å². The van der Waals surface area contributed by atoms with Crippen molar-refractivity contribution in [3.05, 3.63) is 58.1 Å². The molecule has 0 saturated heterocycles. The molecule has 7 heteroatoms. The summed E-state index contributed by atoms with van der Waals surface area (Å²) in [4.78, 5) is 11.7. The van der Waals surface area contributed by atoms with Gasteiger partial charge >= 0.3 is 0 Å². The summed E-state index contributed by atoms with van der Waals surface area (Å²) in [6.07, 6.45) is 0. The summed E-state index contributed by atoms with van der Waals surface area (Å²) in [5.74, 6) is -2.51. The SMILES string of the molecule is O=C(COc1ccc(F)c(F)c1)Nc1cc(Cl)ccc1Cl. The molecule has 0 aliphatic heterocycles. The molecule has 0 spiro atoms. The van der Waals surface area contributed by atoms with Crippen molar-refractivity contribution < 1.29 is 18.3 Å². The Kier molecular flexibility index (Phi) is 4.98. The Balaban J connectivity index is 1.95. The molecular weight excluding hydrogens is 323 g/mol. The Morgan fingerprint density at radius 3 is 2.57 bits per heavy atom. The van der Waals surface area contributed by atoms with Crippen molar-refractivity contribution in [3.8, 4) is 5.75 Å². The van der Waals surface area contributed by atoms with Gasteiger partial charge in [0.05, 0.1) is 10.7 Å². The van der Waals surface area contributed by atoms with E-state index < -0.39 is 17.5 Å². The number of ether oxygens (including phenoxy) is 1. The first-order valence-electron chi connectivity index (χ1n) is 5.78. The average Bonchev–Trinajstić information content (AvgIpc) is 2.44. The number of hydrogen-bond acceptors (Lipinski definition) is 2. The quantitative estimate of drug-likeness (QED) is 0.907. The number of carbonyl (C=O) groups excluding carboxylic acids is 1. The van der Waals surface area contributed by atoms with Crippen molar-refractivity contribution in [2.45, 2.75) is 0 Å². The van der Waals surface area contributed by atoms with Crippen LogP contribution in [-0.2, 0) is 4.79 Å². The molecule has 0 saturated carbocycles. The van der Waals surface area contributed by atoms with E-state index in [0.29, 0.717) is 15.7 Å². The van der Waals surface area contributed by atoms with Gasteiger partial charge in [0.1, 0.15) is 5.75 Å². The molecule has 0 aromatic heterocycles. The summed E-state index contributed by atoms with van der Waals surface area (Å²) in [5.41, 5.74) is 0.336. The first-order chi connectivity index (χ1) is 9.95. The maximum absolute atomic E-state index is 13.0. The van der Waals surface area contributed by atoms with Crippen LogP contribution in [0.5, 0.6) is 5.75 Å². The molecule has 0 aliphatic carbocycles. The van der Waals surface area contributed by atoms with Gasteiger partial charge in [0.25, 0.3) is 5.91 Å². The van der Waals surface area contributed by atoms with Gasteiger partial charge in [-0.05, 0) is 30.3 Å². The lowest BCUT2D eigenvalue weighted by atomic mass is 10.3. The number of anilines is 1. The minimum Gasteiger partial charge on any atom is -0.484 e. The standard InChI is InChI=1S/C14H9Cl2F2NO2/c15-8-1-3-10(16)13(5-8)19-14(20)7-21-9-2-4-11(17)12(18)6-9/h1-6H,7H2,(H,19,20). The highest BCUT2D eigenvalue weighted by Gasteiger charge is 2.09. The Hall–Kier alpha value is -1.85. The maximum atomic E-state index is 13.0. The first-order valence-corrected chi connectivity index (χ1v) is 6.54. The molecule has 2 aromatic carbocycles. The number of nitrogens with one attached hydrogen (secondary N) is 1. The van der Waals surface area contributed by atoms with Crippen LogP contribution in [0.3, 0.4) is 0 Å². The van der Waals surface area contributed by atoms with E-state index in [9.17, 15) is 13.6 Å². The van der Waals surface area contributed by atoms with Crippen LogP contribution in [0.25, 0.3) is 0 Å². The molecule has 2 aromatic rings. The van der Waals surface area contributed by atoms with Gasteiger partial charge in [0, 0.05) is 11.1 Å². The van der Waals surface area contributed by atoms with E-state index >= 15 is 0 Å². The fourth-order valence-corrected chi connectivity index (χ4v) is 1.83. The zero-order chi connectivity index (χ0) is 15.4. The smallest absolute Gasteiger partial charge is 0.262 e. The van der Waals surface area contributed by atoms with Crippen molar-refractivity contribution in [2.24, 2.45) is 0 Å². The highest BCUT2D eigenvalue weighted by molar-refractivity contribution is 6.35. The predicted octanol–water partition coefficient (Wildman–Crippen LogP) is 4.29. The van der Waals surface area contributed by atoms with Crippen molar-refractivity contribution in [2.75, 3.05) is 11.9 Å². The Morgan fingerprint density at radius 1 is 1.10 bits per heavy atom. The normalized spacial score (nSPS) is 10.3. The molecule has 0 unspecified atom stereocenters. The number of rotatable bonds is 4. The topological polar surface area (TPSA) is 38.3 Å². The molecule has 0 bridgehead atoms. The van der Waals surface area contributed by atoms with Gasteiger partial charge in [-0.15, -0.1) is 0 Å². The molecule has 21 heavy (non-hydrogen) atoms. The molecule has 0 radical (unpaired) electrons. The first kappa shape index (κ1) is 15.5. The minimum atomic E-state index is -1.05. The average molecular weight is 332 g/mol. The third-order valence-electron chi connectivity index (χ3n) is 2.46. The van der Waals surface area contributed by atoms with Crippen LogP contribution in [0.4, 0.5) is 14.5 Å². The molecule has 2 rings (SSSR count). The fourth-order valence-electron chi connectivity index (χ4n) is 1.50. The van der Waals surface area contributed by atoms with Crippen molar-refractivity contribution in [1.29, 1.82) is 0 Å². The van der Waals surface area contributed by atoms with E-state index in [1.54, 1.807) is 6.07 Å². The van der Waals surface area contributed by atoms with Crippen molar-refractivity contribution >= 4 is 34.8 Å². The molecule has 1 amide bonds. The summed E-state index contributed by atoms with van der Waals surface area (Å²) in [7, 11) is 0. The summed E-state index contributed by atoms with van der Waals surface area (Å²) in [5, 5.41) is 3.23. The van der Waals surface area contributed by atoms with Gasteiger partial charge in [0.2, 0.25) is 0 Å². The monoisotopic (exact) mass is 331 g/mol. The highest BCUT2D eigenvalue weighted by Crippen LogP contribution is 2.25. The van der Waals surface area contributed by atoms with E-state index in [1.165, 1.54) is 18.2 Å². The van der Waals surface area contributed by atoms with Gasteiger partial charge in [0.15, 0.2) is 18.2 Å². The molecule has 0 aliphatic rings. The largest absolute Gasteiger partial charge is 0.484 e. The number of halogens is 4. The van der Waals surface area contributed by atoms with Crippen LogP contribution in [0.2, 0.25) is 10.0 Å². The molecule has 0 heterocycles. The van der Waals surface area contributed by atoms with Crippen LogP contribution >= 0.6 is 23.2 Å². The Bertz CT molecular complexity index is 680. The van der Waals surface area contributed by atoms with E-state index in [0.717, 1.165) is 12.1 Å². The lowest BCUT2D eigenvalue weighted by molar-refractivity contribution is -0.118. The van der Waals surface area contributed by atoms with Crippen LogP contribution in [0.15, 0.2) is 36.4 Å². The van der Waals surface area contributed by atoms with E-state index in [1.807, 2.05) is 0 Å². The molecule has 0 atom stereocenters. The highest BCUT2D eigenvalue weighted by atomic mass is 35.5. The summed E-state index contributed by atoms with van der Waals surface area (Å²) in [6.45, 7) is -0.381. The second-order valence-corrected chi connectivity index (χ2v) is 4.88. The van der Waals surface area contributed by atoms with Gasteiger partial charge in [-0.2, -0.15) is 0 Å². The molecular formula is C14H9Cl2F2NO2. The lowest BCUT2D eigenvalue weighted by Gasteiger charge is -2.09. The number of benzene rings is 2. The zero-order valence-electron chi connectivity index (χ0n) is 10.5. The third kappa shape index (κ3) is 4.31. The minimum absolute atomic E-state index is 0.0428. The second kappa shape index (κ2) is 6.74. The van der Waals surface area contributed by atoms with Crippen LogP contribution < -0.4 is 10.1 Å². The Morgan fingerprint density at radius 2 is 1.86 bits per heavy atom. The number of hydrogen-bond donors (Lipinski definition) is 1. The Labute approximate surface area is 129 Å². The van der Waals surface area contributed by atoms with Gasteiger partial charge < -0.3 is 10.1 Å². The van der Waals surface area contributed by atoms with Crippen LogP contribution in [-0.4, -0.2) is 12.5 Å². The molecule has 110 valence electrons. The fraction of sp³-hybridized carbons (Fsp3) is 0.0714. The third-order valence-corrected chi connectivity index (χ3v) is 3.03. The predicted molar refractivity (Wildman–Crippen MR) is 76.9 cm³/mol. The van der Waals surface area contributed by atoms with Gasteiger partial charge in [-0.1, -0.05) is 23.2 Å². The zero-order valence-corrected chi connectivity index (χ0v) is 12.0.